The van der Waals surface area contributed by atoms with Crippen molar-refractivity contribution in [3.05, 3.63) is 24.8 Å². The number of rotatable bonds is 4. The number of allylic oxidation sites excluding steroid dienone is 2. The minimum absolute atomic E-state index is 0.136. The highest BCUT2D eigenvalue weighted by molar-refractivity contribution is 5.94. The van der Waals surface area contributed by atoms with E-state index in [-0.39, 0.29) is 5.41 Å². The van der Waals surface area contributed by atoms with E-state index in [9.17, 15) is 4.79 Å². The van der Waals surface area contributed by atoms with E-state index in [0.29, 0.717) is 22.5 Å². The number of hydrogen-bond acceptors (Lipinski definition) is 1. The van der Waals surface area contributed by atoms with Gasteiger partial charge in [0.15, 0.2) is 5.78 Å². The molecule has 0 bridgehead atoms. The van der Waals surface area contributed by atoms with Gasteiger partial charge in [0.25, 0.3) is 0 Å². The molecule has 24 heavy (non-hydrogen) atoms. The maximum absolute atomic E-state index is 12.9. The fourth-order valence-electron chi connectivity index (χ4n) is 7.52. The molecule has 0 aliphatic heterocycles. The second-order valence-corrected chi connectivity index (χ2v) is 9.26. The van der Waals surface area contributed by atoms with Crippen LogP contribution in [0.25, 0.3) is 0 Å². The van der Waals surface area contributed by atoms with Crippen molar-refractivity contribution in [1.29, 1.82) is 0 Å². The molecule has 0 aromatic carbocycles. The van der Waals surface area contributed by atoms with Crippen LogP contribution < -0.4 is 0 Å². The Morgan fingerprint density at radius 3 is 2.54 bits per heavy atom. The van der Waals surface area contributed by atoms with Gasteiger partial charge in [0.1, 0.15) is 0 Å². The first-order chi connectivity index (χ1) is 11.4. The molecule has 0 N–H and O–H groups in total. The lowest BCUT2D eigenvalue weighted by Crippen LogP contribution is -2.59. The minimum atomic E-state index is -0.136. The van der Waals surface area contributed by atoms with E-state index in [1.54, 1.807) is 6.08 Å². The van der Waals surface area contributed by atoms with Crippen LogP contribution in [0.4, 0.5) is 0 Å². The summed E-state index contributed by atoms with van der Waals surface area (Å²) in [5, 5.41) is 0. The Bertz CT molecular complexity index is 546. The molecule has 134 valence electrons. The van der Waals surface area contributed by atoms with Crippen LogP contribution in [0.1, 0.15) is 85.0 Å². The zero-order chi connectivity index (χ0) is 17.6. The summed E-state index contributed by atoms with van der Waals surface area (Å²) in [6.07, 6.45) is 13.7. The van der Waals surface area contributed by atoms with Gasteiger partial charge in [0.05, 0.1) is 0 Å². The Morgan fingerprint density at radius 1 is 1.17 bits per heavy atom. The van der Waals surface area contributed by atoms with Gasteiger partial charge in [0.2, 0.25) is 0 Å². The summed E-state index contributed by atoms with van der Waals surface area (Å²) in [4.78, 5) is 12.9. The first-order valence-electron chi connectivity index (χ1n) is 10.2. The van der Waals surface area contributed by atoms with Crippen molar-refractivity contribution >= 4 is 5.78 Å². The number of carbonyl (C=O) groups is 1. The molecule has 3 aliphatic rings. The molecule has 0 heterocycles. The fourth-order valence-corrected chi connectivity index (χ4v) is 7.52. The Labute approximate surface area is 149 Å². The Hall–Kier alpha value is -0.850. The molecule has 5 atom stereocenters. The normalized spacial score (nSPS) is 45.2. The molecule has 3 fully saturated rings. The Kier molecular flexibility index (Phi) is 4.60. The highest BCUT2D eigenvalue weighted by Crippen LogP contribution is 2.69. The van der Waals surface area contributed by atoms with Crippen LogP contribution in [0, 0.1) is 28.1 Å². The van der Waals surface area contributed by atoms with E-state index in [1.165, 1.54) is 56.9 Å². The smallest absolute Gasteiger partial charge is 0.161 e. The lowest BCUT2D eigenvalue weighted by molar-refractivity contribution is -0.166. The second kappa shape index (κ2) is 6.15. The van der Waals surface area contributed by atoms with Gasteiger partial charge >= 0.3 is 0 Å². The third-order valence-corrected chi connectivity index (χ3v) is 8.67. The Morgan fingerprint density at radius 2 is 1.92 bits per heavy atom. The van der Waals surface area contributed by atoms with Crippen LogP contribution in [0.3, 0.4) is 0 Å². The van der Waals surface area contributed by atoms with Crippen molar-refractivity contribution in [2.24, 2.45) is 28.1 Å². The first kappa shape index (κ1) is 18.0. The van der Waals surface area contributed by atoms with Crippen molar-refractivity contribution < 1.29 is 4.79 Å². The molecule has 1 heteroatoms. The second-order valence-electron chi connectivity index (χ2n) is 9.26. The lowest BCUT2D eigenvalue weighted by Gasteiger charge is -2.65. The van der Waals surface area contributed by atoms with E-state index >= 15 is 0 Å². The van der Waals surface area contributed by atoms with Crippen molar-refractivity contribution in [3.8, 4) is 0 Å². The molecule has 0 aromatic rings. The SMILES string of the molecule is C=CC(=O)[C@]1(CC)CCC[C@@]2(C)C3CCC(=C)C[C@@]3(CC)CCC12. The quantitative estimate of drug-likeness (QED) is 0.426. The van der Waals surface area contributed by atoms with Crippen LogP contribution in [-0.4, -0.2) is 5.78 Å². The van der Waals surface area contributed by atoms with Crippen LogP contribution in [0.5, 0.6) is 0 Å². The summed E-state index contributed by atoms with van der Waals surface area (Å²) in [5.41, 5.74) is 2.11. The van der Waals surface area contributed by atoms with E-state index in [0.717, 1.165) is 18.8 Å². The monoisotopic (exact) mass is 328 g/mol. The molecule has 2 unspecified atom stereocenters. The molecule has 0 amide bonds. The van der Waals surface area contributed by atoms with Crippen LogP contribution in [-0.2, 0) is 4.79 Å². The van der Waals surface area contributed by atoms with E-state index < -0.39 is 0 Å². The van der Waals surface area contributed by atoms with Crippen molar-refractivity contribution in [2.45, 2.75) is 85.0 Å². The summed E-state index contributed by atoms with van der Waals surface area (Å²) in [7, 11) is 0. The van der Waals surface area contributed by atoms with Gasteiger partial charge in [-0.25, -0.2) is 0 Å². The number of fused-ring (bicyclic) bond motifs is 3. The van der Waals surface area contributed by atoms with Gasteiger partial charge in [-0.05, 0) is 86.5 Å². The maximum Gasteiger partial charge on any atom is 0.161 e. The summed E-state index contributed by atoms with van der Waals surface area (Å²) < 4.78 is 0. The van der Waals surface area contributed by atoms with Crippen molar-refractivity contribution in [3.63, 3.8) is 0 Å². The van der Waals surface area contributed by atoms with Crippen molar-refractivity contribution in [2.75, 3.05) is 0 Å². The highest BCUT2D eigenvalue weighted by Gasteiger charge is 2.62. The topological polar surface area (TPSA) is 17.1 Å². The van der Waals surface area contributed by atoms with Gasteiger partial charge in [-0.3, -0.25) is 4.79 Å². The molecule has 0 saturated heterocycles. The summed E-state index contributed by atoms with van der Waals surface area (Å²) in [5.74, 6) is 1.64. The fraction of sp³-hybridized carbons (Fsp3) is 0.783. The Balaban J connectivity index is 2.04. The molecule has 3 saturated carbocycles. The summed E-state index contributed by atoms with van der Waals surface area (Å²) >= 11 is 0. The number of carbonyl (C=O) groups excluding carboxylic acids is 1. The van der Waals surface area contributed by atoms with Crippen LogP contribution in [0.2, 0.25) is 0 Å². The van der Waals surface area contributed by atoms with Gasteiger partial charge in [-0.15, -0.1) is 0 Å². The first-order valence-corrected chi connectivity index (χ1v) is 10.2. The third kappa shape index (κ3) is 2.30. The summed E-state index contributed by atoms with van der Waals surface area (Å²) in [6.45, 7) is 15.4. The zero-order valence-electron chi connectivity index (χ0n) is 16.1. The minimum Gasteiger partial charge on any atom is -0.294 e. The predicted octanol–water partition coefficient (Wildman–Crippen LogP) is 6.49. The standard InChI is InChI=1S/C23H36O/c1-6-20(24)23(8-3)14-9-13-21(5)18-11-10-17(4)16-22(18,7-2)15-12-19(21)23/h6,18-19H,1,4,7-16H2,2-3,5H3/t18?,19?,21-,22+,23+/m0/s1. The molecule has 0 aromatic heterocycles. The highest BCUT2D eigenvalue weighted by atomic mass is 16.1. The van der Waals surface area contributed by atoms with E-state index in [4.69, 9.17) is 0 Å². The average Bonchev–Trinajstić information content (AvgIpc) is 2.59. The average molecular weight is 329 g/mol. The molecule has 0 radical (unpaired) electrons. The van der Waals surface area contributed by atoms with Crippen LogP contribution >= 0.6 is 0 Å². The van der Waals surface area contributed by atoms with Gasteiger partial charge in [-0.1, -0.05) is 45.9 Å². The molecule has 3 rings (SSSR count). The van der Waals surface area contributed by atoms with Crippen LogP contribution in [0.15, 0.2) is 24.8 Å². The summed E-state index contributed by atoms with van der Waals surface area (Å²) in [6, 6.07) is 0. The largest absolute Gasteiger partial charge is 0.294 e. The zero-order valence-corrected chi connectivity index (χ0v) is 16.1. The van der Waals surface area contributed by atoms with Crippen molar-refractivity contribution in [1.82, 2.24) is 0 Å². The molecular formula is C23H36O. The number of hydrogen-bond donors (Lipinski definition) is 0. The maximum atomic E-state index is 12.9. The van der Waals surface area contributed by atoms with E-state index in [2.05, 4.69) is 33.9 Å². The molecule has 0 spiro atoms. The van der Waals surface area contributed by atoms with E-state index in [1.807, 2.05) is 0 Å². The van der Waals surface area contributed by atoms with Gasteiger partial charge in [0, 0.05) is 5.41 Å². The lowest BCUT2D eigenvalue weighted by atomic mass is 9.39. The molecule has 3 aliphatic carbocycles. The number of ketones is 1. The molecule has 1 nitrogen and oxygen atoms in total. The van der Waals surface area contributed by atoms with Gasteiger partial charge in [-0.2, -0.15) is 0 Å². The predicted molar refractivity (Wildman–Crippen MR) is 102 cm³/mol. The third-order valence-electron chi connectivity index (χ3n) is 8.67. The molecular weight excluding hydrogens is 292 g/mol. The van der Waals surface area contributed by atoms with Gasteiger partial charge < -0.3 is 0 Å².